The van der Waals surface area contributed by atoms with Gasteiger partial charge in [-0.15, -0.1) is 11.3 Å². The van der Waals surface area contributed by atoms with E-state index < -0.39 is 0 Å². The van der Waals surface area contributed by atoms with Gasteiger partial charge in [-0.05, 0) is 42.0 Å². The van der Waals surface area contributed by atoms with Gasteiger partial charge < -0.3 is 15.1 Å². The monoisotopic (exact) mass is 437 g/mol. The minimum Gasteiger partial charge on any atom is -0.378 e. The van der Waals surface area contributed by atoms with Crippen LogP contribution in [0.15, 0.2) is 54.0 Å². The van der Waals surface area contributed by atoms with Gasteiger partial charge in [-0.1, -0.05) is 18.2 Å². The van der Waals surface area contributed by atoms with Crippen molar-refractivity contribution in [3.8, 4) is 0 Å². The Labute approximate surface area is 186 Å². The van der Waals surface area contributed by atoms with Crippen molar-refractivity contribution in [1.29, 1.82) is 0 Å². The molecule has 2 amide bonds. The van der Waals surface area contributed by atoms with Gasteiger partial charge in [0.2, 0.25) is 5.91 Å². The molecule has 4 rings (SSSR count). The molecule has 1 N–H and O–H groups in total. The van der Waals surface area contributed by atoms with Crippen LogP contribution in [-0.2, 0) is 11.3 Å². The van der Waals surface area contributed by atoms with Crippen molar-refractivity contribution in [3.05, 3.63) is 64.5 Å². The Hall–Kier alpha value is -3.13. The maximum Gasteiger partial charge on any atom is 0.263 e. The van der Waals surface area contributed by atoms with E-state index in [0.717, 1.165) is 29.0 Å². The lowest BCUT2D eigenvalue weighted by Gasteiger charge is -2.31. The molecule has 1 atom stereocenters. The number of amides is 2. The van der Waals surface area contributed by atoms with Crippen LogP contribution < -0.4 is 10.2 Å². The molecule has 2 aromatic heterocycles. The second-order valence-corrected chi connectivity index (χ2v) is 8.94. The molecular formula is C23H27N5O2S. The van der Waals surface area contributed by atoms with E-state index in [1.807, 2.05) is 37.7 Å². The molecule has 1 aliphatic heterocycles. The largest absolute Gasteiger partial charge is 0.378 e. The van der Waals surface area contributed by atoms with Crippen LogP contribution in [0.1, 0.15) is 28.1 Å². The van der Waals surface area contributed by atoms with Gasteiger partial charge in [0.05, 0.1) is 23.5 Å². The fourth-order valence-corrected chi connectivity index (χ4v) is 4.49. The lowest BCUT2D eigenvalue weighted by molar-refractivity contribution is -0.121. The second kappa shape index (κ2) is 9.34. The van der Waals surface area contributed by atoms with Gasteiger partial charge in [-0.2, -0.15) is 5.10 Å². The maximum absolute atomic E-state index is 13.0. The van der Waals surface area contributed by atoms with Crippen molar-refractivity contribution in [2.75, 3.05) is 37.4 Å². The van der Waals surface area contributed by atoms with Crippen LogP contribution in [0.3, 0.4) is 0 Å². The van der Waals surface area contributed by atoms with Gasteiger partial charge in [0, 0.05) is 38.9 Å². The minimum absolute atomic E-state index is 0.0127. The van der Waals surface area contributed by atoms with Crippen molar-refractivity contribution in [1.82, 2.24) is 14.7 Å². The number of benzene rings is 1. The second-order valence-electron chi connectivity index (χ2n) is 7.99. The Balaban J connectivity index is 1.39. The number of carbonyl (C=O) groups is 2. The average Bonchev–Trinajstić information content (AvgIpc) is 3.46. The first-order valence-corrected chi connectivity index (χ1v) is 11.3. The van der Waals surface area contributed by atoms with Crippen molar-refractivity contribution in [2.45, 2.75) is 19.4 Å². The number of thiophene rings is 1. The van der Waals surface area contributed by atoms with E-state index >= 15 is 0 Å². The number of carbonyl (C=O) groups excluding carboxylic acids is 2. The van der Waals surface area contributed by atoms with Crippen molar-refractivity contribution < 1.29 is 9.59 Å². The predicted molar refractivity (Wildman–Crippen MR) is 124 cm³/mol. The molecule has 0 saturated carbocycles. The summed E-state index contributed by atoms with van der Waals surface area (Å²) in [5, 5.41) is 9.29. The highest BCUT2D eigenvalue weighted by Gasteiger charge is 2.29. The van der Waals surface area contributed by atoms with Crippen molar-refractivity contribution >= 4 is 34.7 Å². The molecule has 1 aromatic carbocycles. The summed E-state index contributed by atoms with van der Waals surface area (Å²) in [5.41, 5.74) is 2.24. The molecule has 3 aromatic rings. The average molecular weight is 438 g/mol. The molecule has 31 heavy (non-hydrogen) atoms. The highest BCUT2D eigenvalue weighted by molar-refractivity contribution is 7.12. The molecule has 1 fully saturated rings. The summed E-state index contributed by atoms with van der Waals surface area (Å²) >= 11 is 1.44. The van der Waals surface area contributed by atoms with Crippen molar-refractivity contribution in [2.24, 2.45) is 5.92 Å². The van der Waals surface area contributed by atoms with E-state index in [0.29, 0.717) is 25.5 Å². The molecular weight excluding hydrogens is 410 g/mol. The quantitative estimate of drug-likeness (QED) is 0.640. The first-order chi connectivity index (χ1) is 15.0. The third kappa shape index (κ3) is 4.96. The molecule has 1 aliphatic rings. The lowest BCUT2D eigenvalue weighted by Crippen LogP contribution is -2.43. The first kappa shape index (κ1) is 21.1. The first-order valence-electron chi connectivity index (χ1n) is 10.4. The van der Waals surface area contributed by atoms with Crippen LogP contribution in [0.2, 0.25) is 0 Å². The highest BCUT2D eigenvalue weighted by atomic mass is 32.1. The van der Waals surface area contributed by atoms with E-state index in [-0.39, 0.29) is 17.7 Å². The number of nitrogens with zero attached hydrogens (tertiary/aromatic N) is 4. The normalized spacial score (nSPS) is 16.2. The molecule has 0 bridgehead atoms. The lowest BCUT2D eigenvalue weighted by atomic mass is 9.97. The SMILES string of the molecule is CN(C)c1ccc(Cn2nccc2NC(=O)C2CCCN(C(=O)c3cccs3)C2)cc1. The van der Waals surface area contributed by atoms with Crippen molar-refractivity contribution in [3.63, 3.8) is 0 Å². The molecule has 1 unspecified atom stereocenters. The van der Waals surface area contributed by atoms with Gasteiger partial charge in [0.25, 0.3) is 5.91 Å². The van der Waals surface area contributed by atoms with E-state index in [9.17, 15) is 9.59 Å². The highest BCUT2D eigenvalue weighted by Crippen LogP contribution is 2.22. The molecule has 162 valence electrons. The zero-order valence-corrected chi connectivity index (χ0v) is 18.6. The number of anilines is 2. The Morgan fingerprint density at radius 2 is 2.00 bits per heavy atom. The van der Waals surface area contributed by atoms with E-state index in [1.54, 1.807) is 15.8 Å². The Kier molecular flexibility index (Phi) is 6.36. The summed E-state index contributed by atoms with van der Waals surface area (Å²) in [4.78, 5) is 30.2. The van der Waals surface area contributed by atoms with Gasteiger partial charge >= 0.3 is 0 Å². The van der Waals surface area contributed by atoms with Crippen LogP contribution >= 0.6 is 11.3 Å². The number of hydrogen-bond donors (Lipinski definition) is 1. The molecule has 3 heterocycles. The van der Waals surface area contributed by atoms with Crippen LogP contribution in [0.25, 0.3) is 0 Å². The smallest absolute Gasteiger partial charge is 0.263 e. The van der Waals surface area contributed by atoms with Crippen LogP contribution in [-0.4, -0.2) is 53.7 Å². The zero-order valence-electron chi connectivity index (χ0n) is 17.8. The van der Waals surface area contributed by atoms with E-state index in [2.05, 4.69) is 39.6 Å². The van der Waals surface area contributed by atoms with Crippen LogP contribution in [0.5, 0.6) is 0 Å². The van der Waals surface area contributed by atoms with Gasteiger partial charge in [0.15, 0.2) is 0 Å². The number of aromatic nitrogens is 2. The number of hydrogen-bond acceptors (Lipinski definition) is 5. The summed E-state index contributed by atoms with van der Waals surface area (Å²) < 4.78 is 1.79. The van der Waals surface area contributed by atoms with Gasteiger partial charge in [0.1, 0.15) is 5.82 Å². The van der Waals surface area contributed by atoms with E-state index in [1.165, 1.54) is 11.3 Å². The Bertz CT molecular complexity index is 1030. The van der Waals surface area contributed by atoms with Gasteiger partial charge in [-0.3, -0.25) is 9.59 Å². The molecule has 0 radical (unpaired) electrons. The number of nitrogens with one attached hydrogen (secondary N) is 1. The molecule has 7 nitrogen and oxygen atoms in total. The minimum atomic E-state index is -0.222. The number of likely N-dealkylation sites (tertiary alicyclic amines) is 1. The molecule has 0 aliphatic carbocycles. The molecule has 1 saturated heterocycles. The Morgan fingerprint density at radius 3 is 2.71 bits per heavy atom. The third-order valence-electron chi connectivity index (χ3n) is 5.56. The number of rotatable bonds is 6. The fraction of sp³-hybridized carbons (Fsp3) is 0.348. The molecule has 0 spiro atoms. The van der Waals surface area contributed by atoms with Gasteiger partial charge in [-0.25, -0.2) is 4.68 Å². The summed E-state index contributed by atoms with van der Waals surface area (Å²) in [7, 11) is 4.02. The Morgan fingerprint density at radius 1 is 1.19 bits per heavy atom. The summed E-state index contributed by atoms with van der Waals surface area (Å²) in [6, 6.07) is 13.8. The summed E-state index contributed by atoms with van der Waals surface area (Å²) in [6.45, 7) is 1.72. The third-order valence-corrected chi connectivity index (χ3v) is 6.42. The standard InChI is InChI=1S/C23H27N5O2S/c1-26(2)19-9-7-17(8-10-19)15-28-21(11-12-24-28)25-22(29)18-5-3-13-27(16-18)23(30)20-6-4-14-31-20/h4,6-12,14,18H,3,5,13,15-16H2,1-2H3,(H,25,29). The summed E-state index contributed by atoms with van der Waals surface area (Å²) in [6.07, 6.45) is 3.30. The zero-order chi connectivity index (χ0) is 21.8. The van der Waals surface area contributed by atoms with Crippen LogP contribution in [0, 0.1) is 5.92 Å². The predicted octanol–water partition coefficient (Wildman–Crippen LogP) is 3.55. The number of piperidine rings is 1. The maximum atomic E-state index is 13.0. The van der Waals surface area contributed by atoms with Crippen LogP contribution in [0.4, 0.5) is 11.5 Å². The summed E-state index contributed by atoms with van der Waals surface area (Å²) in [5.74, 6) is 0.399. The van der Waals surface area contributed by atoms with E-state index in [4.69, 9.17) is 0 Å². The molecule has 8 heteroatoms. The fourth-order valence-electron chi connectivity index (χ4n) is 3.80. The topological polar surface area (TPSA) is 70.5 Å².